The lowest BCUT2D eigenvalue weighted by Gasteiger charge is -2.25. The van der Waals surface area contributed by atoms with Gasteiger partial charge in [0.15, 0.2) is 5.78 Å². The van der Waals surface area contributed by atoms with Crippen molar-refractivity contribution in [1.29, 1.82) is 0 Å². The van der Waals surface area contributed by atoms with Crippen LogP contribution in [0.4, 0.5) is 0 Å². The van der Waals surface area contributed by atoms with Gasteiger partial charge in [0, 0.05) is 37.9 Å². The Hall–Kier alpha value is -1.68. The van der Waals surface area contributed by atoms with Crippen molar-refractivity contribution in [2.45, 2.75) is 39.5 Å². The summed E-state index contributed by atoms with van der Waals surface area (Å²) < 4.78 is 5.18. The molecule has 4 nitrogen and oxygen atoms in total. The number of nitrogens with zero attached hydrogens (tertiary/aromatic N) is 1. The van der Waals surface area contributed by atoms with E-state index in [1.54, 1.807) is 20.1 Å². The highest BCUT2D eigenvalue weighted by molar-refractivity contribution is 6.00. The molecule has 4 heteroatoms. The van der Waals surface area contributed by atoms with E-state index in [2.05, 4.69) is 0 Å². The Labute approximate surface area is 138 Å². The number of aryl methyl sites for hydroxylation is 1. The summed E-state index contributed by atoms with van der Waals surface area (Å²) in [6.45, 7) is 5.77. The van der Waals surface area contributed by atoms with Crippen molar-refractivity contribution in [2.75, 3.05) is 26.8 Å². The number of ketones is 1. The molecule has 126 valence electrons. The molecule has 1 atom stereocenters. The quantitative estimate of drug-likeness (QED) is 0.781. The molecule has 1 heterocycles. The van der Waals surface area contributed by atoms with Crippen molar-refractivity contribution < 1.29 is 14.3 Å². The summed E-state index contributed by atoms with van der Waals surface area (Å²) in [6.07, 6.45) is 4.35. The van der Waals surface area contributed by atoms with Crippen LogP contribution in [0.25, 0.3) is 0 Å². The van der Waals surface area contributed by atoms with Gasteiger partial charge in [-0.1, -0.05) is 12.5 Å². The topological polar surface area (TPSA) is 46.6 Å². The minimum atomic E-state index is 0.00554. The summed E-state index contributed by atoms with van der Waals surface area (Å²) in [4.78, 5) is 26.5. The molecule has 2 rings (SSSR count). The molecule has 1 unspecified atom stereocenters. The number of hydrogen-bond donors (Lipinski definition) is 0. The SMILES string of the molecule is COCCC1CCCCN(C(=O)c2ccc(C)c(C(C)=O)c2)C1. The van der Waals surface area contributed by atoms with Crippen molar-refractivity contribution >= 4 is 11.7 Å². The Morgan fingerprint density at radius 2 is 2.09 bits per heavy atom. The molecule has 0 radical (unpaired) electrons. The third kappa shape index (κ3) is 4.64. The molecule has 1 saturated heterocycles. The van der Waals surface area contributed by atoms with E-state index in [4.69, 9.17) is 4.74 Å². The van der Waals surface area contributed by atoms with Gasteiger partial charge in [-0.15, -0.1) is 0 Å². The van der Waals surface area contributed by atoms with Crippen LogP contribution in [0.1, 0.15) is 58.9 Å². The van der Waals surface area contributed by atoms with Crippen molar-refractivity contribution in [2.24, 2.45) is 5.92 Å². The highest BCUT2D eigenvalue weighted by Crippen LogP contribution is 2.22. The van der Waals surface area contributed by atoms with Gasteiger partial charge in [-0.3, -0.25) is 9.59 Å². The van der Waals surface area contributed by atoms with Crippen LogP contribution in [0.5, 0.6) is 0 Å². The number of Topliss-reactive ketones (excluding diaryl/α,β-unsaturated/α-hetero) is 1. The van der Waals surface area contributed by atoms with Crippen LogP contribution in [-0.2, 0) is 4.74 Å². The molecule has 0 N–H and O–H groups in total. The number of carbonyl (C=O) groups excluding carboxylic acids is 2. The maximum absolute atomic E-state index is 12.8. The standard InChI is InChI=1S/C19H27NO3/c1-14-7-8-17(12-18(14)15(2)21)19(22)20-10-5-4-6-16(13-20)9-11-23-3/h7-8,12,16H,4-6,9-11,13H2,1-3H3. The number of amides is 1. The molecule has 1 aromatic carbocycles. The van der Waals surface area contributed by atoms with E-state index < -0.39 is 0 Å². The van der Waals surface area contributed by atoms with Crippen LogP contribution in [0.2, 0.25) is 0 Å². The highest BCUT2D eigenvalue weighted by Gasteiger charge is 2.23. The first-order valence-electron chi connectivity index (χ1n) is 8.42. The number of hydrogen-bond acceptors (Lipinski definition) is 3. The number of carbonyl (C=O) groups is 2. The predicted octanol–water partition coefficient (Wildman–Crippen LogP) is 3.48. The molecule has 0 aromatic heterocycles. The first-order valence-corrected chi connectivity index (χ1v) is 8.42. The average molecular weight is 317 g/mol. The second-order valence-corrected chi connectivity index (χ2v) is 6.48. The van der Waals surface area contributed by atoms with Gasteiger partial charge in [-0.05, 0) is 56.7 Å². The molecule has 1 amide bonds. The monoisotopic (exact) mass is 317 g/mol. The van der Waals surface area contributed by atoms with E-state index in [0.29, 0.717) is 17.0 Å². The molecule has 1 fully saturated rings. The molecule has 0 saturated carbocycles. The Kier molecular flexibility index (Phi) is 6.34. The van der Waals surface area contributed by atoms with Gasteiger partial charge in [-0.25, -0.2) is 0 Å². The highest BCUT2D eigenvalue weighted by atomic mass is 16.5. The van der Waals surface area contributed by atoms with Crippen molar-refractivity contribution in [3.63, 3.8) is 0 Å². The molecular formula is C19H27NO3. The molecule has 0 spiro atoms. The summed E-state index contributed by atoms with van der Waals surface area (Å²) in [5.74, 6) is 0.543. The molecule has 1 aromatic rings. The van der Waals surface area contributed by atoms with Gasteiger partial charge in [-0.2, -0.15) is 0 Å². The summed E-state index contributed by atoms with van der Waals surface area (Å²) in [6, 6.07) is 5.44. The Bertz CT molecular complexity index is 568. The van der Waals surface area contributed by atoms with Crippen LogP contribution in [-0.4, -0.2) is 43.4 Å². The molecular weight excluding hydrogens is 290 g/mol. The van der Waals surface area contributed by atoms with E-state index in [1.165, 1.54) is 0 Å². The third-order valence-corrected chi connectivity index (χ3v) is 4.65. The zero-order valence-corrected chi connectivity index (χ0v) is 14.4. The zero-order chi connectivity index (χ0) is 16.8. The normalized spacial score (nSPS) is 18.6. The second-order valence-electron chi connectivity index (χ2n) is 6.48. The van der Waals surface area contributed by atoms with E-state index >= 15 is 0 Å². The van der Waals surface area contributed by atoms with Crippen molar-refractivity contribution in [3.8, 4) is 0 Å². The lowest BCUT2D eigenvalue weighted by molar-refractivity contribution is 0.0728. The maximum atomic E-state index is 12.8. The summed E-state index contributed by atoms with van der Waals surface area (Å²) >= 11 is 0. The number of ether oxygens (including phenoxy) is 1. The first kappa shape index (κ1) is 17.7. The number of methoxy groups -OCH3 is 1. The lowest BCUT2D eigenvalue weighted by Crippen LogP contribution is -2.35. The fraction of sp³-hybridized carbons (Fsp3) is 0.579. The van der Waals surface area contributed by atoms with E-state index in [1.807, 2.05) is 24.0 Å². The number of likely N-dealkylation sites (tertiary alicyclic amines) is 1. The minimum Gasteiger partial charge on any atom is -0.385 e. The lowest BCUT2D eigenvalue weighted by atomic mass is 9.99. The zero-order valence-electron chi connectivity index (χ0n) is 14.4. The Balaban J connectivity index is 2.14. The van der Waals surface area contributed by atoms with Crippen LogP contribution in [0.15, 0.2) is 18.2 Å². The van der Waals surface area contributed by atoms with Gasteiger partial charge in [0.2, 0.25) is 0 Å². The third-order valence-electron chi connectivity index (χ3n) is 4.65. The predicted molar refractivity (Wildman–Crippen MR) is 90.9 cm³/mol. The van der Waals surface area contributed by atoms with Gasteiger partial charge >= 0.3 is 0 Å². The van der Waals surface area contributed by atoms with Gasteiger partial charge < -0.3 is 9.64 Å². The van der Waals surface area contributed by atoms with E-state index in [9.17, 15) is 9.59 Å². The number of benzene rings is 1. The first-order chi connectivity index (χ1) is 11.0. The van der Waals surface area contributed by atoms with E-state index in [0.717, 1.165) is 50.9 Å². The molecule has 0 bridgehead atoms. The van der Waals surface area contributed by atoms with E-state index in [-0.39, 0.29) is 11.7 Å². The average Bonchev–Trinajstić information content (AvgIpc) is 2.78. The summed E-state index contributed by atoms with van der Waals surface area (Å²) in [5.41, 5.74) is 2.18. The fourth-order valence-corrected chi connectivity index (χ4v) is 3.25. The number of rotatable bonds is 5. The van der Waals surface area contributed by atoms with Gasteiger partial charge in [0.25, 0.3) is 5.91 Å². The second kappa shape index (κ2) is 8.25. The van der Waals surface area contributed by atoms with Crippen LogP contribution in [0, 0.1) is 12.8 Å². The van der Waals surface area contributed by atoms with Crippen molar-refractivity contribution in [1.82, 2.24) is 4.90 Å². The molecule has 1 aliphatic heterocycles. The smallest absolute Gasteiger partial charge is 0.253 e. The summed E-state index contributed by atoms with van der Waals surface area (Å²) in [5, 5.41) is 0. The minimum absolute atomic E-state index is 0.00554. The van der Waals surface area contributed by atoms with Crippen molar-refractivity contribution in [3.05, 3.63) is 34.9 Å². The van der Waals surface area contributed by atoms with Crippen LogP contribution in [0.3, 0.4) is 0 Å². The van der Waals surface area contributed by atoms with Crippen LogP contribution >= 0.6 is 0 Å². The largest absolute Gasteiger partial charge is 0.385 e. The molecule has 1 aliphatic rings. The van der Waals surface area contributed by atoms with Gasteiger partial charge in [0.05, 0.1) is 0 Å². The Morgan fingerprint density at radius 1 is 1.30 bits per heavy atom. The van der Waals surface area contributed by atoms with Gasteiger partial charge in [0.1, 0.15) is 0 Å². The maximum Gasteiger partial charge on any atom is 0.253 e. The Morgan fingerprint density at radius 3 is 2.78 bits per heavy atom. The molecule has 0 aliphatic carbocycles. The molecule has 23 heavy (non-hydrogen) atoms. The summed E-state index contributed by atoms with van der Waals surface area (Å²) in [7, 11) is 1.72. The fourth-order valence-electron chi connectivity index (χ4n) is 3.25. The van der Waals surface area contributed by atoms with Crippen LogP contribution < -0.4 is 0 Å².